The highest BCUT2D eigenvalue weighted by atomic mass is 15.3. The molecule has 1 aromatic heterocycles. The van der Waals surface area contributed by atoms with Crippen LogP contribution in [0.2, 0.25) is 0 Å². The number of hydrogen-bond acceptors (Lipinski definition) is 3. The Labute approximate surface area is 158 Å². The van der Waals surface area contributed by atoms with Gasteiger partial charge in [-0.3, -0.25) is 4.98 Å². The minimum absolute atomic E-state index is 1.14. The van der Waals surface area contributed by atoms with Crippen LogP contribution in [-0.4, -0.2) is 42.6 Å². The second-order valence-corrected chi connectivity index (χ2v) is 7.65. The Bertz CT molecular complexity index is 718. The fourth-order valence-corrected chi connectivity index (χ4v) is 4.38. The summed E-state index contributed by atoms with van der Waals surface area (Å²) in [6.45, 7) is 8.06. The summed E-state index contributed by atoms with van der Waals surface area (Å²) in [7, 11) is 0. The average Bonchev–Trinajstić information content (AvgIpc) is 2.69. The van der Waals surface area contributed by atoms with Gasteiger partial charge in [-0.15, -0.1) is 0 Å². The predicted octanol–water partition coefficient (Wildman–Crippen LogP) is 4.55. The van der Waals surface area contributed by atoms with Gasteiger partial charge in [0.05, 0.1) is 5.69 Å². The molecular formula is C23H31N3. The highest BCUT2D eigenvalue weighted by Gasteiger charge is 2.22. The second kappa shape index (κ2) is 8.22. The van der Waals surface area contributed by atoms with Crippen molar-refractivity contribution in [2.75, 3.05) is 37.6 Å². The van der Waals surface area contributed by atoms with Gasteiger partial charge in [-0.1, -0.05) is 50.1 Å². The molecule has 2 aromatic rings. The summed E-state index contributed by atoms with van der Waals surface area (Å²) in [6.07, 6.45) is 7.63. The van der Waals surface area contributed by atoms with Crippen molar-refractivity contribution in [1.29, 1.82) is 0 Å². The van der Waals surface area contributed by atoms with Crippen molar-refractivity contribution in [3.05, 3.63) is 47.7 Å². The van der Waals surface area contributed by atoms with Crippen LogP contribution in [-0.2, 0) is 12.8 Å². The quantitative estimate of drug-likeness (QED) is 0.810. The van der Waals surface area contributed by atoms with Gasteiger partial charge in [-0.05, 0) is 43.9 Å². The molecule has 1 fully saturated rings. The topological polar surface area (TPSA) is 19.4 Å². The summed E-state index contributed by atoms with van der Waals surface area (Å²) in [4.78, 5) is 10.3. The van der Waals surface area contributed by atoms with Crippen molar-refractivity contribution < 1.29 is 0 Å². The first-order chi connectivity index (χ1) is 12.8. The number of fused-ring (bicyclic) bond motifs is 1. The number of rotatable bonds is 3. The van der Waals surface area contributed by atoms with E-state index in [0.717, 1.165) is 31.7 Å². The molecule has 1 saturated heterocycles. The van der Waals surface area contributed by atoms with Crippen molar-refractivity contribution >= 4 is 5.69 Å². The van der Waals surface area contributed by atoms with Crippen LogP contribution in [0.4, 0.5) is 5.69 Å². The van der Waals surface area contributed by atoms with Crippen LogP contribution in [0.15, 0.2) is 36.4 Å². The van der Waals surface area contributed by atoms with Crippen LogP contribution >= 0.6 is 0 Å². The van der Waals surface area contributed by atoms with Gasteiger partial charge in [0.15, 0.2) is 0 Å². The minimum Gasteiger partial charge on any atom is -0.369 e. The summed E-state index contributed by atoms with van der Waals surface area (Å²) < 4.78 is 0. The first kappa shape index (κ1) is 17.5. The predicted molar refractivity (Wildman–Crippen MR) is 110 cm³/mol. The molecule has 1 aliphatic heterocycles. The van der Waals surface area contributed by atoms with Gasteiger partial charge in [0.25, 0.3) is 0 Å². The Morgan fingerprint density at radius 2 is 1.62 bits per heavy atom. The number of aryl methyl sites for hydroxylation is 1. The molecule has 0 atom stereocenters. The zero-order valence-electron chi connectivity index (χ0n) is 16.1. The van der Waals surface area contributed by atoms with E-state index in [4.69, 9.17) is 4.98 Å². The van der Waals surface area contributed by atoms with E-state index >= 15 is 0 Å². The van der Waals surface area contributed by atoms with E-state index in [1.54, 1.807) is 0 Å². The Morgan fingerprint density at radius 3 is 2.35 bits per heavy atom. The molecule has 138 valence electrons. The maximum Gasteiger partial charge on any atom is 0.0726 e. The number of hydrogen-bond donors (Lipinski definition) is 0. The number of pyridine rings is 1. The van der Waals surface area contributed by atoms with Gasteiger partial charge in [0.1, 0.15) is 0 Å². The van der Waals surface area contributed by atoms with Gasteiger partial charge in [-0.25, -0.2) is 0 Å². The molecule has 0 bridgehead atoms. The lowest BCUT2D eigenvalue weighted by Crippen LogP contribution is -2.46. The van der Waals surface area contributed by atoms with E-state index < -0.39 is 0 Å². The van der Waals surface area contributed by atoms with Crippen molar-refractivity contribution in [2.45, 2.75) is 45.4 Å². The minimum atomic E-state index is 1.14. The van der Waals surface area contributed by atoms with E-state index in [1.165, 1.54) is 67.7 Å². The number of anilines is 1. The lowest BCUT2D eigenvalue weighted by molar-refractivity contribution is 0.271. The molecule has 0 unspecified atom stereocenters. The van der Waals surface area contributed by atoms with Crippen LogP contribution in [0.3, 0.4) is 0 Å². The molecule has 0 amide bonds. The summed E-state index contributed by atoms with van der Waals surface area (Å²) in [5.74, 6) is 0. The van der Waals surface area contributed by atoms with E-state index in [1.807, 2.05) is 0 Å². The van der Waals surface area contributed by atoms with E-state index in [2.05, 4.69) is 53.1 Å². The van der Waals surface area contributed by atoms with Crippen LogP contribution < -0.4 is 4.90 Å². The molecule has 3 heteroatoms. The number of likely N-dealkylation sites (N-methyl/N-ethyl adjacent to an activating group) is 1. The third-order valence-corrected chi connectivity index (χ3v) is 6.01. The third-order valence-electron chi connectivity index (χ3n) is 6.01. The number of nitrogens with zero attached hydrogens (tertiary/aromatic N) is 3. The molecule has 1 aromatic carbocycles. The molecule has 0 N–H and O–H groups in total. The monoisotopic (exact) mass is 349 g/mol. The Kier molecular flexibility index (Phi) is 5.54. The maximum atomic E-state index is 5.13. The summed E-state index contributed by atoms with van der Waals surface area (Å²) in [6, 6.07) is 13.1. The highest BCUT2D eigenvalue weighted by molar-refractivity contribution is 5.68. The number of aromatic nitrogens is 1. The van der Waals surface area contributed by atoms with E-state index in [0.29, 0.717) is 0 Å². The van der Waals surface area contributed by atoms with Gasteiger partial charge < -0.3 is 9.80 Å². The Balaban J connectivity index is 1.73. The van der Waals surface area contributed by atoms with Crippen molar-refractivity contribution in [1.82, 2.24) is 9.88 Å². The fourth-order valence-electron chi connectivity index (χ4n) is 4.38. The standard InChI is InChI=1S/C23H31N3/c1-2-25-14-16-26(17-15-25)23-18-22(19-10-6-5-7-11-19)24-21-13-9-4-3-8-12-20(21)23/h5-7,10-11,18H,2-4,8-9,12-17H2,1H3. The van der Waals surface area contributed by atoms with Crippen LogP contribution in [0.5, 0.6) is 0 Å². The Hall–Kier alpha value is -1.87. The molecule has 0 saturated carbocycles. The van der Waals surface area contributed by atoms with Crippen molar-refractivity contribution in [3.8, 4) is 11.3 Å². The van der Waals surface area contributed by atoms with Crippen molar-refractivity contribution in [3.63, 3.8) is 0 Å². The SMILES string of the molecule is CCN1CCN(c2cc(-c3ccccc3)nc3c2CCCCCC3)CC1. The molecule has 2 heterocycles. The van der Waals surface area contributed by atoms with Gasteiger partial charge >= 0.3 is 0 Å². The first-order valence-corrected chi connectivity index (χ1v) is 10.4. The second-order valence-electron chi connectivity index (χ2n) is 7.65. The molecule has 2 aliphatic rings. The summed E-state index contributed by atoms with van der Waals surface area (Å²) in [5, 5.41) is 0. The molecular weight excluding hydrogens is 318 g/mol. The zero-order valence-corrected chi connectivity index (χ0v) is 16.1. The summed E-state index contributed by atoms with van der Waals surface area (Å²) in [5.41, 5.74) is 6.75. The van der Waals surface area contributed by atoms with E-state index in [9.17, 15) is 0 Å². The third kappa shape index (κ3) is 3.78. The first-order valence-electron chi connectivity index (χ1n) is 10.4. The highest BCUT2D eigenvalue weighted by Crippen LogP contribution is 2.33. The lowest BCUT2D eigenvalue weighted by atomic mass is 9.94. The zero-order chi connectivity index (χ0) is 17.8. The molecule has 0 spiro atoms. The van der Waals surface area contributed by atoms with Gasteiger partial charge in [0.2, 0.25) is 0 Å². The maximum absolute atomic E-state index is 5.13. The molecule has 26 heavy (non-hydrogen) atoms. The molecule has 0 radical (unpaired) electrons. The Morgan fingerprint density at radius 1 is 0.885 bits per heavy atom. The van der Waals surface area contributed by atoms with E-state index in [-0.39, 0.29) is 0 Å². The smallest absolute Gasteiger partial charge is 0.0726 e. The summed E-state index contributed by atoms with van der Waals surface area (Å²) >= 11 is 0. The lowest BCUT2D eigenvalue weighted by Gasteiger charge is -2.37. The van der Waals surface area contributed by atoms with Gasteiger partial charge in [0, 0.05) is 43.1 Å². The fraction of sp³-hybridized carbons (Fsp3) is 0.522. The molecule has 4 rings (SSSR count). The van der Waals surface area contributed by atoms with Gasteiger partial charge in [-0.2, -0.15) is 0 Å². The van der Waals surface area contributed by atoms with Crippen molar-refractivity contribution in [2.24, 2.45) is 0 Å². The largest absolute Gasteiger partial charge is 0.369 e. The molecule has 3 nitrogen and oxygen atoms in total. The normalized spacial score (nSPS) is 18.9. The number of piperazine rings is 1. The van der Waals surface area contributed by atoms with Crippen LogP contribution in [0.1, 0.15) is 43.9 Å². The number of benzene rings is 1. The average molecular weight is 350 g/mol. The van der Waals surface area contributed by atoms with Crippen LogP contribution in [0.25, 0.3) is 11.3 Å². The van der Waals surface area contributed by atoms with Crippen LogP contribution in [0, 0.1) is 0 Å². The molecule has 1 aliphatic carbocycles.